The van der Waals surface area contributed by atoms with Crippen molar-refractivity contribution in [2.24, 2.45) is 0 Å². The van der Waals surface area contributed by atoms with Crippen LogP contribution in [0.2, 0.25) is 10.0 Å². The fourth-order valence-corrected chi connectivity index (χ4v) is 3.69. The first-order valence-corrected chi connectivity index (χ1v) is 10.4. The zero-order valence-electron chi connectivity index (χ0n) is 16.5. The largest absolute Gasteiger partial charge is 0.452 e. The van der Waals surface area contributed by atoms with Crippen molar-refractivity contribution < 1.29 is 19.2 Å². The van der Waals surface area contributed by atoms with Crippen LogP contribution >= 0.6 is 23.2 Å². The van der Waals surface area contributed by atoms with Gasteiger partial charge < -0.3 is 15.0 Å². The Morgan fingerprint density at radius 2 is 1.87 bits per heavy atom. The fourth-order valence-electron chi connectivity index (χ4n) is 3.26. The third-order valence-electron chi connectivity index (χ3n) is 4.75. The summed E-state index contributed by atoms with van der Waals surface area (Å²) < 4.78 is 4.98. The van der Waals surface area contributed by atoms with Gasteiger partial charge in [-0.15, -0.1) is 0 Å². The van der Waals surface area contributed by atoms with Gasteiger partial charge in [-0.05, 0) is 31.0 Å². The number of nitrogens with zero attached hydrogens (tertiary/aromatic N) is 3. The fraction of sp³-hybridized carbons (Fsp3) is 0.350. The van der Waals surface area contributed by atoms with E-state index in [1.807, 2.05) is 4.90 Å². The number of halogens is 2. The van der Waals surface area contributed by atoms with Crippen molar-refractivity contribution in [3.05, 3.63) is 56.2 Å². The number of carbonyl (C=O) groups excluding carboxylic acids is 2. The van der Waals surface area contributed by atoms with Crippen molar-refractivity contribution in [3.8, 4) is 0 Å². The summed E-state index contributed by atoms with van der Waals surface area (Å²) in [4.78, 5) is 41.3. The molecule has 0 spiro atoms. The molecule has 0 radical (unpaired) electrons. The van der Waals surface area contributed by atoms with E-state index in [0.29, 0.717) is 10.7 Å². The Kier molecular flexibility index (Phi) is 7.64. The number of carbonyl (C=O) groups is 2. The molecule has 9 nitrogen and oxygen atoms in total. The summed E-state index contributed by atoms with van der Waals surface area (Å²) >= 11 is 11.7. The number of rotatable bonds is 6. The lowest BCUT2D eigenvalue weighted by atomic mass is 10.1. The van der Waals surface area contributed by atoms with Gasteiger partial charge >= 0.3 is 5.97 Å². The predicted molar refractivity (Wildman–Crippen MR) is 117 cm³/mol. The van der Waals surface area contributed by atoms with Gasteiger partial charge in [0.1, 0.15) is 5.69 Å². The highest BCUT2D eigenvalue weighted by Gasteiger charge is 2.23. The van der Waals surface area contributed by atoms with E-state index in [9.17, 15) is 19.7 Å². The predicted octanol–water partition coefficient (Wildman–Crippen LogP) is 4.47. The first-order valence-electron chi connectivity index (χ1n) is 9.66. The molecule has 1 aromatic heterocycles. The van der Waals surface area contributed by atoms with E-state index in [1.165, 1.54) is 24.4 Å². The van der Waals surface area contributed by atoms with Crippen LogP contribution in [0.15, 0.2) is 30.5 Å². The SMILES string of the molecule is O=C(COC(=O)c1ccc(N2CCCCCC2)c([N+](=O)[O-])c1)Nc1ncc(Cl)cc1Cl. The Morgan fingerprint density at radius 3 is 2.52 bits per heavy atom. The standard InChI is InChI=1S/C20H20Cl2N4O5/c21-14-10-15(22)19(23-11-14)24-18(27)12-31-20(28)13-5-6-16(17(9-13)26(29)30)25-7-3-1-2-4-8-25/h5-6,9-11H,1-4,7-8,12H2,(H,23,24,27). The van der Waals surface area contributed by atoms with Gasteiger partial charge in [0.25, 0.3) is 11.6 Å². The van der Waals surface area contributed by atoms with Gasteiger partial charge in [0.05, 0.1) is 20.5 Å². The first-order chi connectivity index (χ1) is 14.8. The van der Waals surface area contributed by atoms with Gasteiger partial charge in [-0.1, -0.05) is 36.0 Å². The molecule has 1 fully saturated rings. The Hall–Kier alpha value is -2.91. The summed E-state index contributed by atoms with van der Waals surface area (Å²) in [5, 5.41) is 14.4. The molecule has 1 N–H and O–H groups in total. The number of nitro groups is 1. The van der Waals surface area contributed by atoms with Crippen LogP contribution in [0, 0.1) is 10.1 Å². The quantitative estimate of drug-likeness (QED) is 0.379. The average molecular weight is 467 g/mol. The Morgan fingerprint density at radius 1 is 1.16 bits per heavy atom. The number of hydrogen-bond acceptors (Lipinski definition) is 7. The van der Waals surface area contributed by atoms with E-state index < -0.39 is 23.4 Å². The van der Waals surface area contributed by atoms with Crippen molar-refractivity contribution in [1.29, 1.82) is 0 Å². The molecule has 1 aliphatic rings. The minimum Gasteiger partial charge on any atom is -0.452 e. The molecule has 1 aliphatic heterocycles. The average Bonchev–Trinajstić information content (AvgIpc) is 3.03. The van der Waals surface area contributed by atoms with Crippen LogP contribution in [0.5, 0.6) is 0 Å². The number of aromatic nitrogens is 1. The molecule has 2 aromatic rings. The van der Waals surface area contributed by atoms with E-state index >= 15 is 0 Å². The van der Waals surface area contributed by atoms with Gasteiger partial charge in [-0.25, -0.2) is 9.78 Å². The highest BCUT2D eigenvalue weighted by molar-refractivity contribution is 6.36. The van der Waals surface area contributed by atoms with Gasteiger partial charge in [0, 0.05) is 25.4 Å². The number of anilines is 2. The van der Waals surface area contributed by atoms with Crippen molar-refractivity contribution >= 4 is 52.3 Å². The lowest BCUT2D eigenvalue weighted by Gasteiger charge is -2.22. The van der Waals surface area contributed by atoms with E-state index in [4.69, 9.17) is 27.9 Å². The minimum absolute atomic E-state index is 0.0132. The van der Waals surface area contributed by atoms with Gasteiger partial charge in [0.2, 0.25) is 0 Å². The topological polar surface area (TPSA) is 115 Å². The third-order valence-corrected chi connectivity index (χ3v) is 5.25. The molecule has 164 valence electrons. The number of pyridine rings is 1. The van der Waals surface area contributed by atoms with Crippen LogP contribution in [0.1, 0.15) is 36.0 Å². The molecule has 0 atom stereocenters. The number of hydrogen-bond donors (Lipinski definition) is 1. The normalized spacial score (nSPS) is 13.9. The third kappa shape index (κ3) is 6.05. The molecular weight excluding hydrogens is 447 g/mol. The van der Waals surface area contributed by atoms with Crippen LogP contribution in [0.4, 0.5) is 17.2 Å². The Balaban J connectivity index is 1.66. The number of nitro benzene ring substituents is 1. The second-order valence-electron chi connectivity index (χ2n) is 6.97. The molecule has 1 saturated heterocycles. The maximum Gasteiger partial charge on any atom is 0.338 e. The number of ether oxygens (including phenoxy) is 1. The van der Waals surface area contributed by atoms with Crippen LogP contribution in [0.3, 0.4) is 0 Å². The number of esters is 1. The van der Waals surface area contributed by atoms with Crippen molar-refractivity contribution in [1.82, 2.24) is 4.98 Å². The number of nitrogens with one attached hydrogen (secondary N) is 1. The molecule has 0 bridgehead atoms. The van der Waals surface area contributed by atoms with E-state index in [0.717, 1.165) is 38.8 Å². The van der Waals surface area contributed by atoms with Crippen LogP contribution in [-0.2, 0) is 9.53 Å². The van der Waals surface area contributed by atoms with E-state index in [2.05, 4.69) is 10.3 Å². The first kappa shape index (κ1) is 22.8. The Labute approximate surface area is 188 Å². The monoisotopic (exact) mass is 466 g/mol. The van der Waals surface area contributed by atoms with Crippen LogP contribution in [-0.4, -0.2) is 41.5 Å². The molecule has 1 aromatic carbocycles. The lowest BCUT2D eigenvalue weighted by molar-refractivity contribution is -0.384. The van der Waals surface area contributed by atoms with Crippen molar-refractivity contribution in [3.63, 3.8) is 0 Å². The Bertz CT molecular complexity index is 994. The molecule has 31 heavy (non-hydrogen) atoms. The molecule has 1 amide bonds. The molecule has 2 heterocycles. The second-order valence-corrected chi connectivity index (χ2v) is 7.81. The maximum absolute atomic E-state index is 12.3. The second kappa shape index (κ2) is 10.4. The number of benzene rings is 1. The summed E-state index contributed by atoms with van der Waals surface area (Å²) in [6.07, 6.45) is 5.41. The summed E-state index contributed by atoms with van der Waals surface area (Å²) in [6, 6.07) is 5.60. The highest BCUT2D eigenvalue weighted by Crippen LogP contribution is 2.31. The molecule has 3 rings (SSSR count). The van der Waals surface area contributed by atoms with Crippen molar-refractivity contribution in [2.45, 2.75) is 25.7 Å². The summed E-state index contributed by atoms with van der Waals surface area (Å²) in [6.45, 7) is 0.847. The zero-order valence-corrected chi connectivity index (χ0v) is 18.0. The molecular formula is C20H20Cl2N4O5. The molecule has 0 unspecified atom stereocenters. The lowest BCUT2D eigenvalue weighted by Crippen LogP contribution is -2.25. The molecule has 0 aliphatic carbocycles. The maximum atomic E-state index is 12.3. The zero-order chi connectivity index (χ0) is 22.4. The van der Waals surface area contributed by atoms with Gasteiger partial charge in [0.15, 0.2) is 12.4 Å². The molecule has 0 saturated carbocycles. The summed E-state index contributed by atoms with van der Waals surface area (Å²) in [5.41, 5.74) is 0.295. The molecule has 11 heteroatoms. The minimum atomic E-state index is -0.851. The summed E-state index contributed by atoms with van der Waals surface area (Å²) in [7, 11) is 0. The van der Waals surface area contributed by atoms with Gasteiger partial charge in [-0.3, -0.25) is 14.9 Å². The van der Waals surface area contributed by atoms with Crippen molar-refractivity contribution in [2.75, 3.05) is 29.9 Å². The van der Waals surface area contributed by atoms with E-state index in [-0.39, 0.29) is 22.1 Å². The van der Waals surface area contributed by atoms with Crippen LogP contribution < -0.4 is 10.2 Å². The van der Waals surface area contributed by atoms with E-state index in [1.54, 1.807) is 6.07 Å². The summed E-state index contributed by atoms with van der Waals surface area (Å²) in [5.74, 6) is -1.44. The number of amides is 1. The van der Waals surface area contributed by atoms with Crippen LogP contribution in [0.25, 0.3) is 0 Å². The smallest absolute Gasteiger partial charge is 0.338 e. The van der Waals surface area contributed by atoms with Gasteiger partial charge in [-0.2, -0.15) is 0 Å². The highest BCUT2D eigenvalue weighted by atomic mass is 35.5.